The maximum atomic E-state index is 13.5. The van der Waals surface area contributed by atoms with Crippen molar-refractivity contribution in [1.29, 1.82) is 0 Å². The van der Waals surface area contributed by atoms with Crippen LogP contribution in [0.15, 0.2) is 18.2 Å². The number of carbonyl (C=O) groups excluding carboxylic acids is 1. The van der Waals surface area contributed by atoms with Gasteiger partial charge in [-0.25, -0.2) is 9.18 Å². The number of likely N-dealkylation sites (tertiary alicyclic amines) is 1. The minimum atomic E-state index is -0.508. The highest BCUT2D eigenvalue weighted by Crippen LogP contribution is 2.22. The summed E-state index contributed by atoms with van der Waals surface area (Å²) in [6.07, 6.45) is 2.67. The average Bonchev–Trinajstić information content (AvgIpc) is 2.47. The monoisotopic (exact) mass is 342 g/mol. The van der Waals surface area contributed by atoms with E-state index in [0.29, 0.717) is 18.8 Å². The first kappa shape index (κ1) is 17.9. The van der Waals surface area contributed by atoms with Crippen molar-refractivity contribution in [3.05, 3.63) is 29.0 Å². The highest BCUT2D eigenvalue weighted by atomic mass is 35.5. The van der Waals surface area contributed by atoms with E-state index in [4.69, 9.17) is 16.3 Å². The molecule has 1 aliphatic rings. The fraction of sp³-hybridized carbons (Fsp3) is 0.588. The molecule has 0 spiro atoms. The largest absolute Gasteiger partial charge is 0.444 e. The Morgan fingerprint density at radius 2 is 2.17 bits per heavy atom. The van der Waals surface area contributed by atoms with Gasteiger partial charge in [-0.05, 0) is 58.2 Å². The van der Waals surface area contributed by atoms with Crippen molar-refractivity contribution in [1.82, 2.24) is 4.90 Å². The lowest BCUT2D eigenvalue weighted by atomic mass is 10.0. The minimum Gasteiger partial charge on any atom is -0.444 e. The summed E-state index contributed by atoms with van der Waals surface area (Å²) < 4.78 is 19.0. The molecule has 0 bridgehead atoms. The number of hydrogen-bond donors (Lipinski definition) is 1. The second-order valence-corrected chi connectivity index (χ2v) is 7.24. The van der Waals surface area contributed by atoms with Crippen molar-refractivity contribution in [2.45, 2.75) is 51.7 Å². The molecule has 1 fully saturated rings. The second-order valence-electron chi connectivity index (χ2n) is 6.83. The lowest BCUT2D eigenvalue weighted by molar-refractivity contribution is 0.0114. The molecule has 1 amide bonds. The van der Waals surface area contributed by atoms with Crippen LogP contribution in [0.3, 0.4) is 0 Å². The van der Waals surface area contributed by atoms with E-state index in [1.807, 2.05) is 20.8 Å². The zero-order valence-electron chi connectivity index (χ0n) is 13.9. The molecule has 2 rings (SSSR count). The van der Waals surface area contributed by atoms with Crippen LogP contribution in [0.5, 0.6) is 0 Å². The molecule has 1 atom stereocenters. The standard InChI is InChI=1S/C17H24ClFN2O2/c1-17(2,3)23-16(22)21-9-5-4-6-13(21)11-20-12-7-8-14(18)15(19)10-12/h7-8,10,13,20H,4-6,9,11H2,1-3H3. The molecule has 128 valence electrons. The number of halogens is 2. The van der Waals surface area contributed by atoms with Crippen LogP contribution in [0.1, 0.15) is 40.0 Å². The van der Waals surface area contributed by atoms with Gasteiger partial charge in [0.15, 0.2) is 0 Å². The quantitative estimate of drug-likeness (QED) is 0.867. The molecule has 0 saturated carbocycles. The molecule has 0 radical (unpaired) electrons. The molecule has 0 aliphatic carbocycles. The van der Waals surface area contributed by atoms with Gasteiger partial charge in [-0.15, -0.1) is 0 Å². The Hall–Kier alpha value is -1.49. The molecule has 1 aromatic carbocycles. The van der Waals surface area contributed by atoms with Gasteiger partial charge in [0.1, 0.15) is 11.4 Å². The van der Waals surface area contributed by atoms with Crippen molar-refractivity contribution >= 4 is 23.4 Å². The van der Waals surface area contributed by atoms with Crippen LogP contribution in [-0.2, 0) is 4.74 Å². The van der Waals surface area contributed by atoms with E-state index in [1.54, 1.807) is 11.0 Å². The van der Waals surface area contributed by atoms with Gasteiger partial charge in [-0.3, -0.25) is 0 Å². The third kappa shape index (κ3) is 5.27. The first-order chi connectivity index (χ1) is 10.8. The molecule has 1 heterocycles. The zero-order valence-corrected chi connectivity index (χ0v) is 14.6. The summed E-state index contributed by atoms with van der Waals surface area (Å²) in [7, 11) is 0. The number of benzene rings is 1. The Balaban J connectivity index is 1.98. The molecule has 1 unspecified atom stereocenters. The molecule has 4 nitrogen and oxygen atoms in total. The number of nitrogens with one attached hydrogen (secondary N) is 1. The van der Waals surface area contributed by atoms with Gasteiger partial charge < -0.3 is 15.0 Å². The molecule has 1 N–H and O–H groups in total. The van der Waals surface area contributed by atoms with Crippen molar-refractivity contribution in [2.75, 3.05) is 18.4 Å². The van der Waals surface area contributed by atoms with Crippen LogP contribution < -0.4 is 5.32 Å². The van der Waals surface area contributed by atoms with Crippen molar-refractivity contribution in [2.24, 2.45) is 0 Å². The van der Waals surface area contributed by atoms with Gasteiger partial charge >= 0.3 is 6.09 Å². The van der Waals surface area contributed by atoms with Gasteiger partial charge in [-0.1, -0.05) is 11.6 Å². The Morgan fingerprint density at radius 3 is 2.83 bits per heavy atom. The van der Waals surface area contributed by atoms with E-state index >= 15 is 0 Å². The number of ether oxygens (including phenoxy) is 1. The lowest BCUT2D eigenvalue weighted by Gasteiger charge is -2.37. The van der Waals surface area contributed by atoms with Gasteiger partial charge in [0, 0.05) is 18.8 Å². The van der Waals surface area contributed by atoms with Crippen molar-refractivity contribution < 1.29 is 13.9 Å². The number of amides is 1. The Bertz CT molecular complexity index is 560. The van der Waals surface area contributed by atoms with E-state index in [9.17, 15) is 9.18 Å². The highest BCUT2D eigenvalue weighted by Gasteiger charge is 2.30. The van der Waals surface area contributed by atoms with Crippen molar-refractivity contribution in [3.8, 4) is 0 Å². The lowest BCUT2D eigenvalue weighted by Crippen LogP contribution is -2.48. The molecule has 1 saturated heterocycles. The smallest absolute Gasteiger partial charge is 0.410 e. The second kappa shape index (κ2) is 7.39. The van der Waals surface area contributed by atoms with Crippen LogP contribution in [0, 0.1) is 5.82 Å². The number of nitrogens with zero attached hydrogens (tertiary/aromatic N) is 1. The fourth-order valence-corrected chi connectivity index (χ4v) is 2.73. The topological polar surface area (TPSA) is 41.6 Å². The average molecular weight is 343 g/mol. The summed E-state index contributed by atoms with van der Waals surface area (Å²) in [6.45, 7) is 6.83. The zero-order chi connectivity index (χ0) is 17.0. The summed E-state index contributed by atoms with van der Waals surface area (Å²) in [4.78, 5) is 14.1. The van der Waals surface area contributed by atoms with E-state index < -0.39 is 11.4 Å². The predicted molar refractivity (Wildman–Crippen MR) is 90.5 cm³/mol. The first-order valence-corrected chi connectivity index (χ1v) is 8.32. The molecular formula is C17H24ClFN2O2. The van der Waals surface area contributed by atoms with Crippen molar-refractivity contribution in [3.63, 3.8) is 0 Å². The SMILES string of the molecule is CC(C)(C)OC(=O)N1CCCCC1CNc1ccc(Cl)c(F)c1. The fourth-order valence-electron chi connectivity index (χ4n) is 2.62. The van der Waals surface area contributed by atoms with Crippen LogP contribution in [0.25, 0.3) is 0 Å². The summed E-state index contributed by atoms with van der Waals surface area (Å²) in [5.74, 6) is -0.454. The van der Waals surface area contributed by atoms with Crippen LogP contribution in [0.4, 0.5) is 14.9 Å². The van der Waals surface area contributed by atoms with Gasteiger partial charge in [0.05, 0.1) is 11.1 Å². The van der Waals surface area contributed by atoms with E-state index in [1.165, 1.54) is 12.1 Å². The first-order valence-electron chi connectivity index (χ1n) is 7.95. The number of anilines is 1. The number of rotatable bonds is 3. The summed E-state index contributed by atoms with van der Waals surface area (Å²) >= 11 is 5.68. The third-order valence-corrected chi connectivity index (χ3v) is 4.02. The van der Waals surface area contributed by atoms with Crippen LogP contribution >= 0.6 is 11.6 Å². The third-order valence-electron chi connectivity index (χ3n) is 3.72. The minimum absolute atomic E-state index is 0.0392. The predicted octanol–water partition coefficient (Wildman–Crippen LogP) is 4.68. The van der Waals surface area contributed by atoms with Crippen LogP contribution in [0.2, 0.25) is 5.02 Å². The highest BCUT2D eigenvalue weighted by molar-refractivity contribution is 6.30. The Morgan fingerprint density at radius 1 is 1.43 bits per heavy atom. The van der Waals surface area contributed by atoms with E-state index in [0.717, 1.165) is 19.3 Å². The molecule has 6 heteroatoms. The normalized spacial score (nSPS) is 18.7. The van der Waals surface area contributed by atoms with E-state index in [2.05, 4.69) is 5.32 Å². The molecule has 1 aliphatic heterocycles. The van der Waals surface area contributed by atoms with Gasteiger partial charge in [0.2, 0.25) is 0 Å². The maximum absolute atomic E-state index is 13.5. The van der Waals surface area contributed by atoms with Crippen LogP contribution in [-0.4, -0.2) is 35.7 Å². The number of carbonyl (C=O) groups is 1. The maximum Gasteiger partial charge on any atom is 0.410 e. The van der Waals surface area contributed by atoms with E-state index in [-0.39, 0.29) is 17.2 Å². The van der Waals surface area contributed by atoms with Gasteiger partial charge in [-0.2, -0.15) is 0 Å². The van der Waals surface area contributed by atoms with Gasteiger partial charge in [0.25, 0.3) is 0 Å². The Labute approximate surface area is 141 Å². The summed E-state index contributed by atoms with van der Waals surface area (Å²) in [5.41, 5.74) is 0.146. The number of piperidine rings is 1. The molecular weight excluding hydrogens is 319 g/mol. The molecule has 0 aromatic heterocycles. The summed E-state index contributed by atoms with van der Waals surface area (Å²) in [5, 5.41) is 3.28. The molecule has 1 aromatic rings. The molecule has 23 heavy (non-hydrogen) atoms. The Kier molecular flexibility index (Phi) is 5.74. The summed E-state index contributed by atoms with van der Waals surface area (Å²) in [6, 6.07) is 4.65. The number of hydrogen-bond acceptors (Lipinski definition) is 3.